The Morgan fingerprint density at radius 2 is 2.03 bits per heavy atom. The lowest BCUT2D eigenvalue weighted by Gasteiger charge is -2.18. The first kappa shape index (κ1) is 25.8. The second-order valence-corrected chi connectivity index (χ2v) is 9.21. The highest BCUT2D eigenvalue weighted by Crippen LogP contribution is 2.33. The van der Waals surface area contributed by atoms with Crippen molar-refractivity contribution in [3.05, 3.63) is 66.5 Å². The number of ether oxygens (including phenoxy) is 1. The number of benzene rings is 1. The maximum Gasteiger partial charge on any atom is 0.149 e. The Balaban J connectivity index is 1.59. The normalized spacial score (nSPS) is 13.3. The molecule has 0 saturated heterocycles. The number of hydrogen-bond donors (Lipinski definition) is 3. The zero-order chi connectivity index (χ0) is 26.6. The van der Waals surface area contributed by atoms with Crippen molar-refractivity contribution in [1.29, 1.82) is 5.41 Å². The van der Waals surface area contributed by atoms with Gasteiger partial charge in [-0.2, -0.15) is 4.94 Å². The molecule has 0 fully saturated rings. The van der Waals surface area contributed by atoms with E-state index in [-0.39, 0.29) is 6.54 Å². The van der Waals surface area contributed by atoms with E-state index in [1.165, 1.54) is 6.21 Å². The van der Waals surface area contributed by atoms with Gasteiger partial charge >= 0.3 is 0 Å². The number of fused-ring (bicyclic) bond motifs is 1. The van der Waals surface area contributed by atoms with E-state index in [4.69, 9.17) is 15.1 Å². The highest BCUT2D eigenvalue weighted by Gasteiger charge is 2.18. The first-order valence-corrected chi connectivity index (χ1v) is 11.7. The molecule has 0 spiro atoms. The van der Waals surface area contributed by atoms with Gasteiger partial charge in [0.15, 0.2) is 0 Å². The summed E-state index contributed by atoms with van der Waals surface area (Å²) in [4.78, 5) is 17.5. The number of aromatic nitrogens is 4. The molecule has 4 rings (SSSR count). The Hall–Kier alpha value is -4.25. The third-order valence-electron chi connectivity index (χ3n) is 6.00. The summed E-state index contributed by atoms with van der Waals surface area (Å²) in [5.41, 5.74) is 3.61. The molecule has 4 aromatic rings. The zero-order valence-corrected chi connectivity index (χ0v) is 21.5. The summed E-state index contributed by atoms with van der Waals surface area (Å²) in [5.74, 6) is 2.19. The molecule has 37 heavy (non-hydrogen) atoms. The Bertz CT molecular complexity index is 1470. The Morgan fingerprint density at radius 3 is 2.70 bits per heavy atom. The standard InChI is InChI=1S/C26H29BFN7O2/c1-16-31-14-23(35(16)3)17-5-8-21(24(9-17)36-4)34-25-10-22-18(13-32-25)6-7-20(33-22)19(11-29)12-30-15-26(2,27)37-28/h5-14,29-30H,15,27H2,1-4H3,(H,32,34)/b19-12+,29-11?. The van der Waals surface area contributed by atoms with Crippen molar-refractivity contribution >= 4 is 42.0 Å². The molecular formula is C26H29BFN7O2. The van der Waals surface area contributed by atoms with Crippen LogP contribution in [0.25, 0.3) is 27.7 Å². The van der Waals surface area contributed by atoms with Gasteiger partial charge in [0.05, 0.1) is 41.4 Å². The van der Waals surface area contributed by atoms with E-state index in [2.05, 4.69) is 25.5 Å². The van der Waals surface area contributed by atoms with E-state index in [0.717, 1.165) is 28.2 Å². The second kappa shape index (κ2) is 10.8. The summed E-state index contributed by atoms with van der Waals surface area (Å²) in [5, 5.41) is 14.9. The molecule has 0 saturated carbocycles. The van der Waals surface area contributed by atoms with Gasteiger partial charge in [-0.1, -0.05) is 6.07 Å². The van der Waals surface area contributed by atoms with Gasteiger partial charge in [-0.05, 0) is 42.6 Å². The van der Waals surface area contributed by atoms with Gasteiger partial charge in [0.2, 0.25) is 0 Å². The Labute approximate surface area is 215 Å². The van der Waals surface area contributed by atoms with Crippen LogP contribution in [0.15, 0.2) is 55.0 Å². The minimum absolute atomic E-state index is 0.229. The minimum Gasteiger partial charge on any atom is -0.495 e. The van der Waals surface area contributed by atoms with Gasteiger partial charge in [-0.3, -0.25) is 0 Å². The fraction of sp³-hybridized carbons (Fsp3) is 0.231. The molecule has 11 heteroatoms. The molecule has 1 atom stereocenters. The summed E-state index contributed by atoms with van der Waals surface area (Å²) in [7, 11) is 5.22. The van der Waals surface area contributed by atoms with Crippen LogP contribution in [-0.2, 0) is 12.0 Å². The molecule has 3 N–H and O–H groups in total. The molecule has 1 unspecified atom stereocenters. The van der Waals surface area contributed by atoms with Gasteiger partial charge in [0.1, 0.15) is 25.2 Å². The number of pyridine rings is 2. The minimum atomic E-state index is -0.983. The number of anilines is 2. The third kappa shape index (κ3) is 5.78. The summed E-state index contributed by atoms with van der Waals surface area (Å²) in [6.07, 6.45) is 6.40. The molecule has 0 radical (unpaired) electrons. The third-order valence-corrected chi connectivity index (χ3v) is 6.00. The smallest absolute Gasteiger partial charge is 0.149 e. The van der Waals surface area contributed by atoms with Crippen molar-refractivity contribution in [2.24, 2.45) is 7.05 Å². The molecule has 1 aromatic carbocycles. The van der Waals surface area contributed by atoms with Crippen molar-refractivity contribution in [1.82, 2.24) is 24.8 Å². The Morgan fingerprint density at radius 1 is 1.22 bits per heavy atom. The molecule has 190 valence electrons. The SMILES string of the molecule is BC(C)(CN/C=C(\C=N)c1ccc2cnc(Nc3ccc(-c4cnc(C)n4C)cc3OC)cc2n1)OF. The number of allylic oxidation sites excluding steroid dienone is 1. The van der Waals surface area contributed by atoms with Crippen LogP contribution >= 0.6 is 0 Å². The van der Waals surface area contributed by atoms with Gasteiger partial charge in [0.25, 0.3) is 0 Å². The average molecular weight is 501 g/mol. The largest absolute Gasteiger partial charge is 0.495 e. The molecule has 0 aliphatic heterocycles. The topological polar surface area (TPSA) is 110 Å². The van der Waals surface area contributed by atoms with Crippen LogP contribution < -0.4 is 15.4 Å². The van der Waals surface area contributed by atoms with Gasteiger partial charge < -0.3 is 25.3 Å². The van der Waals surface area contributed by atoms with Crippen molar-refractivity contribution in [2.45, 2.75) is 19.3 Å². The van der Waals surface area contributed by atoms with E-state index < -0.39 is 5.50 Å². The number of nitrogens with one attached hydrogen (secondary N) is 3. The number of hydrogen-bond acceptors (Lipinski definition) is 8. The molecule has 0 aliphatic rings. The van der Waals surface area contributed by atoms with E-state index in [1.54, 1.807) is 34.3 Å². The fourth-order valence-corrected chi connectivity index (χ4v) is 3.73. The van der Waals surface area contributed by atoms with Crippen LogP contribution in [0.5, 0.6) is 5.75 Å². The van der Waals surface area contributed by atoms with E-state index in [9.17, 15) is 4.53 Å². The number of methoxy groups -OCH3 is 1. The van der Waals surface area contributed by atoms with Crippen molar-refractivity contribution < 1.29 is 14.2 Å². The lowest BCUT2D eigenvalue weighted by molar-refractivity contribution is -0.190. The van der Waals surface area contributed by atoms with Crippen LogP contribution in [-0.4, -0.2) is 52.7 Å². The highest BCUT2D eigenvalue weighted by atomic mass is 19.3. The molecule has 0 amide bonds. The van der Waals surface area contributed by atoms with Crippen LogP contribution in [0.1, 0.15) is 18.4 Å². The summed E-state index contributed by atoms with van der Waals surface area (Å²) in [6.45, 7) is 3.81. The molecule has 0 aliphatic carbocycles. The van der Waals surface area contributed by atoms with Crippen LogP contribution in [0.4, 0.5) is 16.0 Å². The van der Waals surface area contributed by atoms with Crippen molar-refractivity contribution in [3.63, 3.8) is 0 Å². The number of nitrogens with zero attached hydrogens (tertiary/aromatic N) is 4. The van der Waals surface area contributed by atoms with E-state index in [1.807, 2.05) is 61.1 Å². The first-order chi connectivity index (χ1) is 17.7. The molecule has 3 aromatic heterocycles. The monoisotopic (exact) mass is 501 g/mol. The average Bonchev–Trinajstić information content (AvgIpc) is 3.24. The maximum atomic E-state index is 12.6. The number of rotatable bonds is 10. The molecule has 0 bridgehead atoms. The predicted molar refractivity (Wildman–Crippen MR) is 147 cm³/mol. The lowest BCUT2D eigenvalue weighted by atomic mass is 9.84. The van der Waals surface area contributed by atoms with Gasteiger partial charge in [-0.15, -0.1) is 0 Å². The second-order valence-electron chi connectivity index (χ2n) is 9.21. The van der Waals surface area contributed by atoms with Crippen molar-refractivity contribution in [3.8, 4) is 17.0 Å². The van der Waals surface area contributed by atoms with Gasteiger partial charge in [0, 0.05) is 54.8 Å². The van der Waals surface area contributed by atoms with Crippen LogP contribution in [0, 0.1) is 12.3 Å². The molecular weight excluding hydrogens is 472 g/mol. The van der Waals surface area contributed by atoms with Crippen LogP contribution in [0.2, 0.25) is 0 Å². The number of aryl methyl sites for hydroxylation is 1. The fourth-order valence-electron chi connectivity index (χ4n) is 3.73. The summed E-state index contributed by atoms with van der Waals surface area (Å²) in [6, 6.07) is 11.4. The summed E-state index contributed by atoms with van der Waals surface area (Å²) < 4.78 is 20.3. The lowest BCUT2D eigenvalue weighted by Crippen LogP contribution is -2.37. The Kier molecular flexibility index (Phi) is 7.54. The van der Waals surface area contributed by atoms with Gasteiger partial charge in [-0.25, -0.2) is 15.0 Å². The van der Waals surface area contributed by atoms with Crippen LogP contribution in [0.3, 0.4) is 0 Å². The summed E-state index contributed by atoms with van der Waals surface area (Å²) >= 11 is 0. The first-order valence-electron chi connectivity index (χ1n) is 11.7. The molecule has 9 nitrogen and oxygen atoms in total. The molecule has 3 heterocycles. The zero-order valence-electron chi connectivity index (χ0n) is 21.5. The van der Waals surface area contributed by atoms with Crippen molar-refractivity contribution in [2.75, 3.05) is 19.0 Å². The quantitative estimate of drug-likeness (QED) is 0.223. The number of imidazole rings is 1. The maximum absolute atomic E-state index is 12.6. The highest BCUT2D eigenvalue weighted by molar-refractivity contribution is 6.14. The van der Waals surface area contributed by atoms with E-state index in [0.29, 0.717) is 28.4 Å². The predicted octanol–water partition coefficient (Wildman–Crippen LogP) is 3.92. The number of halogens is 1. The van der Waals surface area contributed by atoms with E-state index >= 15 is 0 Å².